The van der Waals surface area contributed by atoms with E-state index in [1.807, 2.05) is 37.5 Å². The molecule has 0 spiro atoms. The normalized spacial score (nSPS) is 10.6. The smallest absolute Gasteiger partial charge is 0.258 e. The van der Waals surface area contributed by atoms with Crippen molar-refractivity contribution in [3.8, 4) is 11.5 Å². The van der Waals surface area contributed by atoms with E-state index in [0.29, 0.717) is 18.0 Å². The van der Waals surface area contributed by atoms with Gasteiger partial charge in [0, 0.05) is 30.7 Å². The molecule has 0 aliphatic heterocycles. The van der Waals surface area contributed by atoms with Gasteiger partial charge in [0.2, 0.25) is 0 Å². The van der Waals surface area contributed by atoms with Crippen LogP contribution in [0.3, 0.4) is 0 Å². The molecule has 5 nitrogen and oxygen atoms in total. The van der Waals surface area contributed by atoms with Gasteiger partial charge in [-0.3, -0.25) is 4.79 Å². The molecule has 5 heteroatoms. The van der Waals surface area contributed by atoms with Crippen LogP contribution in [0.4, 0.5) is 0 Å². The van der Waals surface area contributed by atoms with Crippen molar-refractivity contribution < 1.29 is 14.3 Å². The largest absolute Gasteiger partial charge is 0.493 e. The Kier molecular flexibility index (Phi) is 4.70. The molecule has 124 valence electrons. The first-order valence-electron chi connectivity index (χ1n) is 7.74. The van der Waals surface area contributed by atoms with Crippen LogP contribution in [0.2, 0.25) is 0 Å². The monoisotopic (exact) mass is 324 g/mol. The van der Waals surface area contributed by atoms with Crippen molar-refractivity contribution in [2.24, 2.45) is 7.05 Å². The molecule has 0 aliphatic carbocycles. The van der Waals surface area contributed by atoms with E-state index >= 15 is 0 Å². The van der Waals surface area contributed by atoms with E-state index < -0.39 is 0 Å². The number of hydrogen-bond acceptors (Lipinski definition) is 3. The molecule has 0 saturated carbocycles. The van der Waals surface area contributed by atoms with Crippen LogP contribution in [0.5, 0.6) is 11.5 Å². The maximum Gasteiger partial charge on any atom is 0.258 e. The summed E-state index contributed by atoms with van der Waals surface area (Å²) in [5.74, 6) is 0.994. The molecule has 0 saturated heterocycles. The van der Waals surface area contributed by atoms with E-state index in [-0.39, 0.29) is 12.5 Å². The Morgan fingerprint density at radius 1 is 1.08 bits per heavy atom. The number of fused-ring (bicyclic) bond motifs is 1. The Morgan fingerprint density at radius 2 is 1.79 bits per heavy atom. The van der Waals surface area contributed by atoms with Crippen molar-refractivity contribution in [1.82, 2.24) is 9.88 Å². The first-order valence-corrected chi connectivity index (χ1v) is 7.74. The van der Waals surface area contributed by atoms with Gasteiger partial charge >= 0.3 is 0 Å². The van der Waals surface area contributed by atoms with Crippen molar-refractivity contribution in [2.75, 3.05) is 13.7 Å². The lowest BCUT2D eigenvalue weighted by atomic mass is 10.2. The molecule has 0 radical (unpaired) electrons. The average molecular weight is 324 g/mol. The van der Waals surface area contributed by atoms with Crippen LogP contribution in [-0.2, 0) is 18.4 Å². The van der Waals surface area contributed by atoms with Gasteiger partial charge in [-0.25, -0.2) is 0 Å². The van der Waals surface area contributed by atoms with Crippen molar-refractivity contribution in [3.63, 3.8) is 0 Å². The molecular formula is C19H20N2O3. The number of nitrogens with one attached hydrogen (secondary N) is 1. The van der Waals surface area contributed by atoms with Gasteiger partial charge in [-0.1, -0.05) is 30.3 Å². The lowest BCUT2D eigenvalue weighted by molar-refractivity contribution is -0.123. The number of methoxy groups -OCH3 is 1. The molecule has 1 N–H and O–H groups in total. The minimum absolute atomic E-state index is 0.0505. The number of carbonyl (C=O) groups excluding carboxylic acids is 1. The maximum atomic E-state index is 12.0. The van der Waals surface area contributed by atoms with Crippen LogP contribution in [-0.4, -0.2) is 24.2 Å². The molecule has 0 aliphatic rings. The van der Waals surface area contributed by atoms with Gasteiger partial charge < -0.3 is 19.4 Å². The predicted octanol–water partition coefficient (Wildman–Crippen LogP) is 2.88. The van der Waals surface area contributed by atoms with Gasteiger partial charge in [0.25, 0.3) is 5.91 Å². The summed E-state index contributed by atoms with van der Waals surface area (Å²) >= 11 is 0. The highest BCUT2D eigenvalue weighted by Gasteiger charge is 2.09. The van der Waals surface area contributed by atoms with E-state index in [4.69, 9.17) is 9.47 Å². The minimum Gasteiger partial charge on any atom is -0.493 e. The Labute approximate surface area is 140 Å². The van der Waals surface area contributed by atoms with E-state index in [1.165, 1.54) is 0 Å². The summed E-state index contributed by atoms with van der Waals surface area (Å²) in [7, 11) is 3.57. The van der Waals surface area contributed by atoms with Crippen LogP contribution in [0.25, 0.3) is 10.9 Å². The van der Waals surface area contributed by atoms with Crippen LogP contribution < -0.4 is 14.8 Å². The minimum atomic E-state index is -0.172. The summed E-state index contributed by atoms with van der Waals surface area (Å²) in [6.07, 6.45) is 2.03. The fourth-order valence-electron chi connectivity index (χ4n) is 2.69. The zero-order valence-electron chi connectivity index (χ0n) is 13.8. The molecular weight excluding hydrogens is 304 g/mol. The van der Waals surface area contributed by atoms with Gasteiger partial charge in [-0.2, -0.15) is 0 Å². The number of rotatable bonds is 6. The van der Waals surface area contributed by atoms with Crippen molar-refractivity contribution in [3.05, 3.63) is 60.3 Å². The summed E-state index contributed by atoms with van der Waals surface area (Å²) in [5, 5.41) is 4.04. The fourth-order valence-corrected chi connectivity index (χ4v) is 2.69. The van der Waals surface area contributed by atoms with Crippen molar-refractivity contribution in [2.45, 2.75) is 6.54 Å². The number of nitrogens with zero attached hydrogens (tertiary/aromatic N) is 1. The highest BCUT2D eigenvalue weighted by molar-refractivity contribution is 5.84. The SMILES string of the molecule is COc1ccccc1OCC(=O)NCc1cn(C)c2ccccc12. The molecule has 0 bridgehead atoms. The van der Waals surface area contributed by atoms with Crippen molar-refractivity contribution in [1.29, 1.82) is 0 Å². The van der Waals surface area contributed by atoms with Gasteiger partial charge in [0.05, 0.1) is 7.11 Å². The number of hydrogen-bond donors (Lipinski definition) is 1. The first kappa shape index (κ1) is 15.9. The van der Waals surface area contributed by atoms with Crippen LogP contribution >= 0.6 is 0 Å². The molecule has 0 fully saturated rings. The Hall–Kier alpha value is -2.95. The van der Waals surface area contributed by atoms with Crippen LogP contribution in [0.15, 0.2) is 54.7 Å². The molecule has 1 heterocycles. The van der Waals surface area contributed by atoms with Gasteiger partial charge in [0.15, 0.2) is 18.1 Å². The summed E-state index contributed by atoms with van der Waals surface area (Å²) in [4.78, 5) is 12.0. The Balaban J connectivity index is 1.59. The third-order valence-electron chi connectivity index (χ3n) is 3.88. The number of carbonyl (C=O) groups is 1. The van der Waals surface area contributed by atoms with E-state index in [9.17, 15) is 4.79 Å². The van der Waals surface area contributed by atoms with E-state index in [2.05, 4.69) is 22.0 Å². The number of para-hydroxylation sites is 3. The molecule has 1 aromatic heterocycles. The van der Waals surface area contributed by atoms with Crippen molar-refractivity contribution >= 4 is 16.8 Å². The predicted molar refractivity (Wildman–Crippen MR) is 93.3 cm³/mol. The highest BCUT2D eigenvalue weighted by atomic mass is 16.5. The molecule has 3 aromatic rings. The van der Waals surface area contributed by atoms with Gasteiger partial charge in [0.1, 0.15) is 0 Å². The Bertz CT molecular complexity index is 855. The average Bonchev–Trinajstić information content (AvgIpc) is 2.95. The molecule has 24 heavy (non-hydrogen) atoms. The zero-order valence-corrected chi connectivity index (χ0v) is 13.8. The summed E-state index contributed by atoms with van der Waals surface area (Å²) < 4.78 is 12.8. The number of benzene rings is 2. The third kappa shape index (κ3) is 3.35. The second-order valence-corrected chi connectivity index (χ2v) is 5.50. The fraction of sp³-hybridized carbons (Fsp3) is 0.211. The van der Waals surface area contributed by atoms with Crippen LogP contribution in [0.1, 0.15) is 5.56 Å². The first-order chi connectivity index (χ1) is 11.7. The van der Waals surface area contributed by atoms with E-state index in [1.54, 1.807) is 19.2 Å². The summed E-state index contributed by atoms with van der Waals surface area (Å²) in [6.45, 7) is 0.417. The second-order valence-electron chi connectivity index (χ2n) is 5.50. The van der Waals surface area contributed by atoms with Gasteiger partial charge in [-0.05, 0) is 23.8 Å². The standard InChI is InChI=1S/C19H20N2O3/c1-21-12-14(15-7-3-4-8-16(15)21)11-20-19(22)13-24-18-10-6-5-9-17(18)23-2/h3-10,12H,11,13H2,1-2H3,(H,20,22). The molecule has 3 rings (SSSR count). The Morgan fingerprint density at radius 3 is 2.58 bits per heavy atom. The molecule has 1 amide bonds. The number of ether oxygens (including phenoxy) is 2. The summed E-state index contributed by atoms with van der Waals surface area (Å²) in [6, 6.07) is 15.4. The highest BCUT2D eigenvalue weighted by Crippen LogP contribution is 2.25. The number of amides is 1. The second kappa shape index (κ2) is 7.08. The quantitative estimate of drug-likeness (QED) is 0.758. The number of aryl methyl sites for hydroxylation is 1. The number of aromatic nitrogens is 1. The molecule has 2 aromatic carbocycles. The van der Waals surface area contributed by atoms with Gasteiger partial charge in [-0.15, -0.1) is 0 Å². The lowest BCUT2D eigenvalue weighted by Gasteiger charge is -2.10. The third-order valence-corrected chi connectivity index (χ3v) is 3.88. The maximum absolute atomic E-state index is 12.0. The summed E-state index contributed by atoms with van der Waals surface area (Å²) in [5.41, 5.74) is 2.23. The van der Waals surface area contributed by atoms with Crippen LogP contribution in [0, 0.1) is 0 Å². The molecule has 0 atom stereocenters. The topological polar surface area (TPSA) is 52.5 Å². The lowest BCUT2D eigenvalue weighted by Crippen LogP contribution is -2.28. The molecule has 0 unspecified atom stereocenters. The van der Waals surface area contributed by atoms with E-state index in [0.717, 1.165) is 16.5 Å². The zero-order chi connectivity index (χ0) is 16.9.